The highest BCUT2D eigenvalue weighted by molar-refractivity contribution is 4.82. The van der Waals surface area contributed by atoms with Gasteiger partial charge in [-0.2, -0.15) is 0 Å². The quantitative estimate of drug-likeness (QED) is 0.747. The lowest BCUT2D eigenvalue weighted by molar-refractivity contribution is -0.0409. The monoisotopic (exact) mass is 214 g/mol. The molecule has 1 heterocycles. The number of hydrogen-bond donors (Lipinski definition) is 1. The number of nitrogens with one attached hydrogen (secondary N) is 1. The molecule has 1 aliphatic rings. The van der Waals surface area contributed by atoms with Crippen molar-refractivity contribution in [2.45, 2.75) is 38.8 Å². The molecule has 0 spiro atoms. The summed E-state index contributed by atoms with van der Waals surface area (Å²) in [6.07, 6.45) is 2.83. The summed E-state index contributed by atoms with van der Waals surface area (Å²) in [6, 6.07) is 0.502. The number of likely N-dealkylation sites (N-methyl/N-ethyl adjacent to an activating group) is 2. The van der Waals surface area contributed by atoms with Crippen molar-refractivity contribution in [2.24, 2.45) is 5.92 Å². The van der Waals surface area contributed by atoms with Gasteiger partial charge in [-0.25, -0.2) is 0 Å². The van der Waals surface area contributed by atoms with Crippen LogP contribution in [0.4, 0.5) is 0 Å². The summed E-state index contributed by atoms with van der Waals surface area (Å²) in [4.78, 5) is 2.36. The van der Waals surface area contributed by atoms with E-state index in [0.717, 1.165) is 25.6 Å². The first-order chi connectivity index (χ1) is 7.17. The van der Waals surface area contributed by atoms with Crippen LogP contribution < -0.4 is 5.32 Å². The Labute approximate surface area is 94.2 Å². The van der Waals surface area contributed by atoms with Crippen molar-refractivity contribution in [3.8, 4) is 0 Å². The molecule has 3 heteroatoms. The lowest BCUT2D eigenvalue weighted by Gasteiger charge is -2.36. The van der Waals surface area contributed by atoms with Crippen molar-refractivity contribution in [3.63, 3.8) is 0 Å². The highest BCUT2D eigenvalue weighted by Gasteiger charge is 2.26. The highest BCUT2D eigenvalue weighted by atomic mass is 16.5. The number of ether oxygens (including phenoxy) is 1. The molecule has 90 valence electrons. The second-order valence-corrected chi connectivity index (χ2v) is 4.82. The van der Waals surface area contributed by atoms with Gasteiger partial charge in [0.2, 0.25) is 0 Å². The molecule has 3 atom stereocenters. The van der Waals surface area contributed by atoms with Gasteiger partial charge in [0.1, 0.15) is 0 Å². The lowest BCUT2D eigenvalue weighted by Crippen LogP contribution is -2.50. The molecule has 3 nitrogen and oxygen atoms in total. The zero-order valence-corrected chi connectivity index (χ0v) is 10.6. The third-order valence-corrected chi connectivity index (χ3v) is 3.47. The van der Waals surface area contributed by atoms with Crippen LogP contribution in [0.3, 0.4) is 0 Å². The predicted octanol–water partition coefficient (Wildman–Crippen LogP) is 1.34. The van der Waals surface area contributed by atoms with Gasteiger partial charge in [-0.1, -0.05) is 20.3 Å². The van der Waals surface area contributed by atoms with E-state index in [1.54, 1.807) is 0 Å². The molecule has 1 fully saturated rings. The first-order valence-corrected chi connectivity index (χ1v) is 6.14. The van der Waals surface area contributed by atoms with Crippen LogP contribution in [0.1, 0.15) is 26.7 Å². The Kier molecular flexibility index (Phi) is 5.58. The van der Waals surface area contributed by atoms with Crippen molar-refractivity contribution in [1.82, 2.24) is 10.2 Å². The van der Waals surface area contributed by atoms with E-state index in [-0.39, 0.29) is 0 Å². The van der Waals surface area contributed by atoms with Crippen molar-refractivity contribution >= 4 is 0 Å². The lowest BCUT2D eigenvalue weighted by atomic mass is 9.95. The number of morpholine rings is 1. The Morgan fingerprint density at radius 3 is 2.80 bits per heavy atom. The summed E-state index contributed by atoms with van der Waals surface area (Å²) in [7, 11) is 4.22. The molecule has 0 saturated carbocycles. The maximum Gasteiger partial charge on any atom is 0.0855 e. The zero-order chi connectivity index (χ0) is 11.3. The molecule has 0 aromatic carbocycles. The minimum atomic E-state index is 0.364. The molecule has 0 radical (unpaired) electrons. The smallest absolute Gasteiger partial charge is 0.0855 e. The van der Waals surface area contributed by atoms with Crippen LogP contribution in [0.15, 0.2) is 0 Å². The predicted molar refractivity (Wildman–Crippen MR) is 64.2 cm³/mol. The van der Waals surface area contributed by atoms with Gasteiger partial charge in [0.15, 0.2) is 0 Å². The van der Waals surface area contributed by atoms with Gasteiger partial charge in [-0.3, -0.25) is 0 Å². The zero-order valence-electron chi connectivity index (χ0n) is 10.6. The molecule has 0 aromatic heterocycles. The average Bonchev–Trinajstić information content (AvgIpc) is 2.25. The van der Waals surface area contributed by atoms with E-state index in [2.05, 4.69) is 31.1 Å². The number of hydrogen-bond acceptors (Lipinski definition) is 3. The normalized spacial score (nSPS) is 27.6. The Bertz CT molecular complexity index is 175. The largest absolute Gasteiger partial charge is 0.374 e. The maximum atomic E-state index is 5.84. The minimum Gasteiger partial charge on any atom is -0.374 e. The summed E-state index contributed by atoms with van der Waals surface area (Å²) in [6.45, 7) is 7.57. The van der Waals surface area contributed by atoms with Crippen LogP contribution in [0.25, 0.3) is 0 Å². The molecule has 0 amide bonds. The highest BCUT2D eigenvalue weighted by Crippen LogP contribution is 2.16. The Morgan fingerprint density at radius 2 is 2.27 bits per heavy atom. The van der Waals surface area contributed by atoms with Crippen LogP contribution >= 0.6 is 0 Å². The Hall–Kier alpha value is -0.120. The van der Waals surface area contributed by atoms with E-state index in [1.165, 1.54) is 12.8 Å². The average molecular weight is 214 g/mol. The van der Waals surface area contributed by atoms with Gasteiger partial charge in [-0.15, -0.1) is 0 Å². The molecule has 1 rings (SSSR count). The summed E-state index contributed by atoms with van der Waals surface area (Å²) in [5, 5.41) is 3.41. The van der Waals surface area contributed by atoms with Gasteiger partial charge in [0.25, 0.3) is 0 Å². The summed E-state index contributed by atoms with van der Waals surface area (Å²) < 4.78 is 5.84. The Balaban J connectivity index is 2.42. The summed E-state index contributed by atoms with van der Waals surface area (Å²) in [5.74, 6) is 0.776. The molecular formula is C12H26N2O. The topological polar surface area (TPSA) is 24.5 Å². The molecule has 0 aliphatic carbocycles. The number of rotatable bonds is 5. The first kappa shape index (κ1) is 12.9. The molecule has 1 aliphatic heterocycles. The third-order valence-electron chi connectivity index (χ3n) is 3.47. The van der Waals surface area contributed by atoms with Crippen LogP contribution in [0, 0.1) is 5.92 Å². The molecule has 0 bridgehead atoms. The van der Waals surface area contributed by atoms with E-state index in [1.807, 2.05) is 7.05 Å². The molecule has 3 unspecified atom stereocenters. The van der Waals surface area contributed by atoms with Crippen molar-refractivity contribution in [3.05, 3.63) is 0 Å². The van der Waals surface area contributed by atoms with Gasteiger partial charge >= 0.3 is 0 Å². The first-order valence-electron chi connectivity index (χ1n) is 6.14. The maximum absolute atomic E-state index is 5.84. The Morgan fingerprint density at radius 1 is 1.53 bits per heavy atom. The third kappa shape index (κ3) is 4.09. The summed E-state index contributed by atoms with van der Waals surface area (Å²) in [5.41, 5.74) is 0. The van der Waals surface area contributed by atoms with Crippen molar-refractivity contribution in [1.29, 1.82) is 0 Å². The van der Waals surface area contributed by atoms with Crippen molar-refractivity contribution in [2.75, 3.05) is 33.8 Å². The van der Waals surface area contributed by atoms with Gasteiger partial charge < -0.3 is 15.0 Å². The second-order valence-electron chi connectivity index (χ2n) is 4.82. The second kappa shape index (κ2) is 6.46. The van der Waals surface area contributed by atoms with Gasteiger partial charge in [0, 0.05) is 19.1 Å². The number of nitrogens with zero attached hydrogens (tertiary/aromatic N) is 1. The molecule has 15 heavy (non-hydrogen) atoms. The molecule has 1 saturated heterocycles. The fourth-order valence-electron chi connectivity index (χ4n) is 2.11. The van der Waals surface area contributed by atoms with Gasteiger partial charge in [-0.05, 0) is 26.4 Å². The van der Waals surface area contributed by atoms with Crippen LogP contribution in [-0.2, 0) is 4.74 Å². The van der Waals surface area contributed by atoms with E-state index in [9.17, 15) is 0 Å². The fraction of sp³-hybridized carbons (Fsp3) is 1.00. The molecular weight excluding hydrogens is 188 g/mol. The van der Waals surface area contributed by atoms with E-state index < -0.39 is 0 Å². The fourth-order valence-corrected chi connectivity index (χ4v) is 2.11. The molecule has 0 aromatic rings. The van der Waals surface area contributed by atoms with Crippen LogP contribution in [-0.4, -0.2) is 50.8 Å². The molecule has 1 N–H and O–H groups in total. The van der Waals surface area contributed by atoms with Crippen molar-refractivity contribution < 1.29 is 4.74 Å². The summed E-state index contributed by atoms with van der Waals surface area (Å²) >= 11 is 0. The van der Waals surface area contributed by atoms with E-state index >= 15 is 0 Å². The van der Waals surface area contributed by atoms with E-state index in [0.29, 0.717) is 12.1 Å². The SMILES string of the molecule is CCC(C)CC(NC)C1CN(C)CCO1. The standard InChI is InChI=1S/C12H26N2O/c1-5-10(2)8-11(13-3)12-9-14(4)6-7-15-12/h10-13H,5-9H2,1-4H3. The minimum absolute atomic E-state index is 0.364. The van der Waals surface area contributed by atoms with Gasteiger partial charge in [0.05, 0.1) is 12.7 Å². The van der Waals surface area contributed by atoms with Crippen LogP contribution in [0.5, 0.6) is 0 Å². The van der Waals surface area contributed by atoms with Crippen LogP contribution in [0.2, 0.25) is 0 Å². The van der Waals surface area contributed by atoms with E-state index in [4.69, 9.17) is 4.74 Å².